The van der Waals surface area contributed by atoms with E-state index in [-0.39, 0.29) is 0 Å². The van der Waals surface area contributed by atoms with Crippen LogP contribution in [-0.2, 0) is 0 Å². The number of thiol groups is 1. The number of allylic oxidation sites excluding steroid dienone is 1. The molecule has 1 rings (SSSR count). The molecule has 2 heteroatoms. The van der Waals surface area contributed by atoms with Gasteiger partial charge in [-0.25, -0.2) is 0 Å². The summed E-state index contributed by atoms with van der Waals surface area (Å²) in [6.07, 6.45) is 6.47. The first-order chi connectivity index (χ1) is 8.54. The minimum Gasteiger partial charge on any atom is -0.313 e. The molecule has 1 heterocycles. The van der Waals surface area contributed by atoms with Crippen LogP contribution >= 0.6 is 12.6 Å². The maximum Gasteiger partial charge on any atom is 0.0169 e. The third-order valence-electron chi connectivity index (χ3n) is 4.18. The van der Waals surface area contributed by atoms with Crippen molar-refractivity contribution in [1.82, 2.24) is 5.32 Å². The second-order valence-electron chi connectivity index (χ2n) is 6.12. The minimum atomic E-state index is 0.529. The molecule has 3 atom stereocenters. The third-order valence-corrected chi connectivity index (χ3v) is 4.39. The molecule has 1 N–H and O–H groups in total. The lowest BCUT2D eigenvalue weighted by Gasteiger charge is -2.27. The highest BCUT2D eigenvalue weighted by atomic mass is 32.1. The van der Waals surface area contributed by atoms with Crippen LogP contribution in [0, 0.1) is 11.8 Å². The van der Waals surface area contributed by atoms with Crippen LogP contribution in [0.3, 0.4) is 0 Å². The fourth-order valence-electron chi connectivity index (χ4n) is 3.22. The van der Waals surface area contributed by atoms with Crippen molar-refractivity contribution in [3.8, 4) is 0 Å². The molecule has 1 fully saturated rings. The van der Waals surface area contributed by atoms with E-state index in [1.807, 2.05) is 0 Å². The van der Waals surface area contributed by atoms with Crippen molar-refractivity contribution in [3.63, 3.8) is 0 Å². The summed E-state index contributed by atoms with van der Waals surface area (Å²) in [5, 5.41) is 4.05. The minimum absolute atomic E-state index is 0.529. The lowest BCUT2D eigenvalue weighted by molar-refractivity contribution is 0.430. The van der Waals surface area contributed by atoms with Crippen LogP contribution in [0.15, 0.2) is 11.1 Å². The standard InChI is InChI=1S/C16H31NS/c1-5-6-15(10-14(4)18)9-13(3)16-11-17-8-7-12(16)2/h12,14-15,17-18H,5-11H2,1-4H3/b16-13+. The third kappa shape index (κ3) is 5.36. The van der Waals surface area contributed by atoms with Crippen LogP contribution in [0.2, 0.25) is 0 Å². The second-order valence-corrected chi connectivity index (χ2v) is 7.00. The highest BCUT2D eigenvalue weighted by Crippen LogP contribution is 2.29. The monoisotopic (exact) mass is 269 g/mol. The molecule has 1 saturated heterocycles. The van der Waals surface area contributed by atoms with Gasteiger partial charge in [0.15, 0.2) is 0 Å². The van der Waals surface area contributed by atoms with E-state index in [9.17, 15) is 0 Å². The van der Waals surface area contributed by atoms with Crippen molar-refractivity contribution < 1.29 is 0 Å². The van der Waals surface area contributed by atoms with Crippen molar-refractivity contribution in [2.24, 2.45) is 11.8 Å². The highest BCUT2D eigenvalue weighted by molar-refractivity contribution is 7.80. The lowest BCUT2D eigenvalue weighted by Crippen LogP contribution is -2.30. The van der Waals surface area contributed by atoms with Gasteiger partial charge in [-0.2, -0.15) is 12.6 Å². The van der Waals surface area contributed by atoms with E-state index < -0.39 is 0 Å². The highest BCUT2D eigenvalue weighted by Gasteiger charge is 2.18. The van der Waals surface area contributed by atoms with Crippen molar-refractivity contribution >= 4 is 12.6 Å². The first-order valence-electron chi connectivity index (χ1n) is 7.61. The summed E-state index contributed by atoms with van der Waals surface area (Å²) in [5.74, 6) is 1.60. The molecule has 3 unspecified atom stereocenters. The van der Waals surface area contributed by atoms with Gasteiger partial charge in [-0.05, 0) is 49.8 Å². The maximum atomic E-state index is 4.57. The van der Waals surface area contributed by atoms with Crippen LogP contribution in [0.5, 0.6) is 0 Å². The first-order valence-corrected chi connectivity index (χ1v) is 8.13. The van der Waals surface area contributed by atoms with Crippen LogP contribution in [0.4, 0.5) is 0 Å². The molecule has 0 aromatic carbocycles. The molecule has 1 nitrogen and oxygen atoms in total. The van der Waals surface area contributed by atoms with Crippen molar-refractivity contribution in [1.29, 1.82) is 0 Å². The Morgan fingerprint density at radius 3 is 2.78 bits per heavy atom. The summed E-state index contributed by atoms with van der Waals surface area (Å²) in [6.45, 7) is 11.6. The number of hydrogen-bond donors (Lipinski definition) is 2. The fraction of sp³-hybridized carbons (Fsp3) is 0.875. The zero-order valence-electron chi connectivity index (χ0n) is 12.6. The Kier molecular flexibility index (Phi) is 7.40. The molecular formula is C16H31NS. The van der Waals surface area contributed by atoms with Gasteiger partial charge < -0.3 is 5.32 Å². The van der Waals surface area contributed by atoms with Gasteiger partial charge in [-0.15, -0.1) is 0 Å². The predicted molar refractivity (Wildman–Crippen MR) is 85.4 cm³/mol. The largest absolute Gasteiger partial charge is 0.313 e. The van der Waals surface area contributed by atoms with Crippen molar-refractivity contribution in [2.45, 2.75) is 65.0 Å². The van der Waals surface area contributed by atoms with E-state index in [1.165, 1.54) is 38.6 Å². The Morgan fingerprint density at radius 2 is 2.22 bits per heavy atom. The van der Waals surface area contributed by atoms with E-state index in [0.29, 0.717) is 5.25 Å². The molecule has 0 aliphatic carbocycles. The lowest BCUT2D eigenvalue weighted by atomic mass is 9.84. The molecular weight excluding hydrogens is 238 g/mol. The van der Waals surface area contributed by atoms with Gasteiger partial charge in [-0.1, -0.05) is 44.8 Å². The predicted octanol–water partition coefficient (Wildman–Crippen LogP) is 4.45. The number of rotatable bonds is 6. The first kappa shape index (κ1) is 16.1. The van der Waals surface area contributed by atoms with Gasteiger partial charge in [0.25, 0.3) is 0 Å². The van der Waals surface area contributed by atoms with E-state index in [2.05, 4.69) is 45.6 Å². The van der Waals surface area contributed by atoms with Crippen LogP contribution in [0.1, 0.15) is 59.8 Å². The molecule has 1 aliphatic heterocycles. The summed E-state index contributed by atoms with van der Waals surface area (Å²) in [5.41, 5.74) is 3.32. The van der Waals surface area contributed by atoms with E-state index >= 15 is 0 Å². The van der Waals surface area contributed by atoms with Crippen LogP contribution < -0.4 is 5.32 Å². The number of hydrogen-bond acceptors (Lipinski definition) is 2. The molecule has 18 heavy (non-hydrogen) atoms. The summed E-state index contributed by atoms with van der Waals surface area (Å²) in [6, 6.07) is 0. The Morgan fingerprint density at radius 1 is 1.50 bits per heavy atom. The SMILES string of the molecule is CCCC(C/C(C)=C1\CNCCC1C)CC(C)S. The normalized spacial score (nSPS) is 26.8. The molecule has 0 spiro atoms. The number of nitrogens with one attached hydrogen (secondary N) is 1. The quantitative estimate of drug-likeness (QED) is 0.536. The maximum absolute atomic E-state index is 4.57. The smallest absolute Gasteiger partial charge is 0.0169 e. The zero-order chi connectivity index (χ0) is 13.5. The molecule has 0 amide bonds. The summed E-state index contributed by atoms with van der Waals surface area (Å²) >= 11 is 4.57. The molecule has 0 aromatic rings. The zero-order valence-corrected chi connectivity index (χ0v) is 13.5. The molecule has 0 radical (unpaired) electrons. The Balaban J connectivity index is 2.63. The topological polar surface area (TPSA) is 12.0 Å². The summed E-state index contributed by atoms with van der Waals surface area (Å²) < 4.78 is 0. The molecule has 0 bridgehead atoms. The van der Waals surface area contributed by atoms with Gasteiger partial charge in [0.05, 0.1) is 0 Å². The Bertz CT molecular complexity index is 270. The van der Waals surface area contributed by atoms with Gasteiger partial charge in [0, 0.05) is 6.54 Å². The Labute approximate surface area is 119 Å². The van der Waals surface area contributed by atoms with Crippen molar-refractivity contribution in [2.75, 3.05) is 13.1 Å². The average Bonchev–Trinajstić information content (AvgIpc) is 2.28. The van der Waals surface area contributed by atoms with E-state index in [0.717, 1.165) is 18.4 Å². The molecule has 1 aliphatic rings. The van der Waals surface area contributed by atoms with E-state index in [4.69, 9.17) is 0 Å². The van der Waals surface area contributed by atoms with Crippen LogP contribution in [0.25, 0.3) is 0 Å². The number of piperidine rings is 1. The average molecular weight is 269 g/mol. The molecule has 0 saturated carbocycles. The van der Waals surface area contributed by atoms with Gasteiger partial charge >= 0.3 is 0 Å². The van der Waals surface area contributed by atoms with E-state index in [1.54, 1.807) is 11.1 Å². The summed E-state index contributed by atoms with van der Waals surface area (Å²) in [7, 11) is 0. The molecule has 0 aromatic heterocycles. The second kappa shape index (κ2) is 8.27. The fourth-order valence-corrected chi connectivity index (χ4v) is 3.52. The van der Waals surface area contributed by atoms with Gasteiger partial charge in [0.1, 0.15) is 0 Å². The van der Waals surface area contributed by atoms with Gasteiger partial charge in [-0.3, -0.25) is 0 Å². The summed E-state index contributed by atoms with van der Waals surface area (Å²) in [4.78, 5) is 0. The van der Waals surface area contributed by atoms with Gasteiger partial charge in [0.2, 0.25) is 0 Å². The molecule has 106 valence electrons. The Hall–Kier alpha value is 0.0500. The van der Waals surface area contributed by atoms with Crippen LogP contribution in [-0.4, -0.2) is 18.3 Å². The van der Waals surface area contributed by atoms with Crippen molar-refractivity contribution in [3.05, 3.63) is 11.1 Å².